The van der Waals surface area contributed by atoms with Crippen molar-refractivity contribution in [3.05, 3.63) is 58.9 Å². The van der Waals surface area contributed by atoms with Crippen molar-refractivity contribution in [2.75, 3.05) is 26.0 Å². The number of likely N-dealkylation sites (N-methyl/N-ethyl adjacent to an activating group) is 1. The summed E-state index contributed by atoms with van der Waals surface area (Å²) in [6, 6.07) is 7.27. The van der Waals surface area contributed by atoms with Gasteiger partial charge in [-0.3, -0.25) is 4.79 Å². The monoisotopic (exact) mass is 338 g/mol. The molecule has 24 heavy (non-hydrogen) atoms. The zero-order valence-corrected chi connectivity index (χ0v) is 13.2. The van der Waals surface area contributed by atoms with Crippen LogP contribution in [0.5, 0.6) is 5.75 Å². The third-order valence-corrected chi connectivity index (χ3v) is 3.44. The molecule has 7 heteroatoms. The van der Waals surface area contributed by atoms with E-state index in [9.17, 15) is 18.0 Å². The van der Waals surface area contributed by atoms with Crippen LogP contribution in [0.3, 0.4) is 0 Å². The molecule has 0 spiro atoms. The van der Waals surface area contributed by atoms with E-state index in [4.69, 9.17) is 5.11 Å². The Labute approximate surface area is 137 Å². The van der Waals surface area contributed by atoms with Gasteiger partial charge in [0.1, 0.15) is 0 Å². The van der Waals surface area contributed by atoms with Gasteiger partial charge >= 0.3 is 0 Å². The number of phenols is 1. The minimum atomic E-state index is -1.73. The first-order valence-electron chi connectivity index (χ1n) is 7.21. The minimum absolute atomic E-state index is 0.372. The Kier molecular flexibility index (Phi) is 5.46. The average Bonchev–Trinajstić information content (AvgIpc) is 2.55. The smallest absolute Gasteiger partial charge is 0.258 e. The summed E-state index contributed by atoms with van der Waals surface area (Å²) in [5.74, 6) is -7.23. The standard InChI is InChI=1S/C17H17F3N2O2/c1-22(2)8-7-10-3-5-11(6-4-10)21-17(24)12-9-13(18)15(20)16(23)14(12)19/h3-6,9,23H,7-8H2,1-2H3,(H,21,24). The normalized spacial score (nSPS) is 10.9. The number of aromatic hydroxyl groups is 1. The van der Waals surface area contributed by atoms with Crippen LogP contribution in [0.4, 0.5) is 18.9 Å². The molecule has 0 aliphatic carbocycles. The third kappa shape index (κ3) is 4.05. The molecule has 1 amide bonds. The van der Waals surface area contributed by atoms with Crippen LogP contribution in [0.1, 0.15) is 15.9 Å². The van der Waals surface area contributed by atoms with Crippen LogP contribution in [0.2, 0.25) is 0 Å². The highest BCUT2D eigenvalue weighted by molar-refractivity contribution is 6.04. The number of amides is 1. The maximum absolute atomic E-state index is 13.7. The van der Waals surface area contributed by atoms with Crippen molar-refractivity contribution >= 4 is 11.6 Å². The topological polar surface area (TPSA) is 52.6 Å². The lowest BCUT2D eigenvalue weighted by Gasteiger charge is -2.11. The highest BCUT2D eigenvalue weighted by Crippen LogP contribution is 2.26. The molecule has 0 saturated heterocycles. The molecule has 0 aromatic heterocycles. The molecule has 4 nitrogen and oxygen atoms in total. The highest BCUT2D eigenvalue weighted by atomic mass is 19.2. The fourth-order valence-electron chi connectivity index (χ4n) is 2.06. The van der Waals surface area contributed by atoms with E-state index in [0.29, 0.717) is 11.8 Å². The number of nitrogens with one attached hydrogen (secondary N) is 1. The molecule has 2 aromatic rings. The number of phenolic OH excluding ortho intramolecular Hbond substituents is 1. The molecule has 0 bridgehead atoms. The summed E-state index contributed by atoms with van der Waals surface area (Å²) in [5.41, 5.74) is 0.652. The molecule has 0 aliphatic rings. The Balaban J connectivity index is 2.13. The van der Waals surface area contributed by atoms with Crippen molar-refractivity contribution in [3.63, 3.8) is 0 Å². The molecule has 0 fully saturated rings. The Hall–Kier alpha value is -2.54. The number of anilines is 1. The quantitative estimate of drug-likeness (QED) is 0.824. The molecule has 0 saturated carbocycles. The van der Waals surface area contributed by atoms with Gasteiger partial charge in [0, 0.05) is 12.2 Å². The lowest BCUT2D eigenvalue weighted by molar-refractivity contribution is 0.102. The van der Waals surface area contributed by atoms with E-state index in [2.05, 4.69) is 5.32 Å². The first-order chi connectivity index (χ1) is 11.3. The molecule has 128 valence electrons. The molecule has 0 radical (unpaired) electrons. The van der Waals surface area contributed by atoms with Gasteiger partial charge in [-0.25, -0.2) is 8.78 Å². The SMILES string of the molecule is CN(C)CCc1ccc(NC(=O)c2cc(F)c(F)c(O)c2F)cc1. The zero-order chi connectivity index (χ0) is 17.9. The van der Waals surface area contributed by atoms with Crippen LogP contribution in [0.25, 0.3) is 0 Å². The number of rotatable bonds is 5. The largest absolute Gasteiger partial charge is 0.503 e. The molecule has 2 rings (SSSR count). The van der Waals surface area contributed by atoms with Crippen LogP contribution >= 0.6 is 0 Å². The van der Waals surface area contributed by atoms with Gasteiger partial charge in [0.25, 0.3) is 5.91 Å². The number of hydrogen-bond donors (Lipinski definition) is 2. The Morgan fingerprint density at radius 3 is 2.33 bits per heavy atom. The number of carbonyl (C=O) groups excluding carboxylic acids is 1. The lowest BCUT2D eigenvalue weighted by Crippen LogP contribution is -2.16. The van der Waals surface area contributed by atoms with Gasteiger partial charge in [-0.2, -0.15) is 4.39 Å². The van der Waals surface area contributed by atoms with Crippen molar-refractivity contribution < 1.29 is 23.1 Å². The Morgan fingerprint density at radius 2 is 1.75 bits per heavy atom. The van der Waals surface area contributed by atoms with Gasteiger partial charge in [0.15, 0.2) is 17.4 Å². The van der Waals surface area contributed by atoms with Crippen LogP contribution in [-0.4, -0.2) is 36.6 Å². The number of benzene rings is 2. The van der Waals surface area contributed by atoms with Gasteiger partial charge in [-0.1, -0.05) is 12.1 Å². The second-order valence-electron chi connectivity index (χ2n) is 5.59. The lowest BCUT2D eigenvalue weighted by atomic mass is 10.1. The number of hydrogen-bond acceptors (Lipinski definition) is 3. The van der Waals surface area contributed by atoms with Gasteiger partial charge in [-0.15, -0.1) is 0 Å². The average molecular weight is 338 g/mol. The van der Waals surface area contributed by atoms with Crippen molar-refractivity contribution in [3.8, 4) is 5.75 Å². The molecule has 2 N–H and O–H groups in total. The van der Waals surface area contributed by atoms with E-state index in [0.717, 1.165) is 18.5 Å². The predicted octanol–water partition coefficient (Wildman–Crippen LogP) is 3.17. The van der Waals surface area contributed by atoms with E-state index in [1.807, 2.05) is 19.0 Å². The van der Waals surface area contributed by atoms with E-state index >= 15 is 0 Å². The summed E-state index contributed by atoms with van der Waals surface area (Å²) in [5, 5.41) is 11.5. The predicted molar refractivity (Wildman–Crippen MR) is 84.6 cm³/mol. The summed E-state index contributed by atoms with van der Waals surface area (Å²) in [4.78, 5) is 14.0. The molecule has 2 aromatic carbocycles. The summed E-state index contributed by atoms with van der Waals surface area (Å²) in [7, 11) is 3.92. The molecular weight excluding hydrogens is 321 g/mol. The number of halogens is 3. The molecule has 0 aliphatic heterocycles. The summed E-state index contributed by atoms with van der Waals surface area (Å²) in [6.45, 7) is 0.866. The van der Waals surface area contributed by atoms with Gasteiger partial charge in [0.2, 0.25) is 5.82 Å². The molecule has 0 unspecified atom stereocenters. The minimum Gasteiger partial charge on any atom is -0.503 e. The van der Waals surface area contributed by atoms with Crippen molar-refractivity contribution in [1.82, 2.24) is 4.90 Å². The summed E-state index contributed by atoms with van der Waals surface area (Å²) < 4.78 is 40.0. The Morgan fingerprint density at radius 1 is 1.12 bits per heavy atom. The highest BCUT2D eigenvalue weighted by Gasteiger charge is 2.22. The summed E-state index contributed by atoms with van der Waals surface area (Å²) in [6.07, 6.45) is 0.826. The molecular formula is C17H17F3N2O2. The van der Waals surface area contributed by atoms with Crippen molar-refractivity contribution in [2.45, 2.75) is 6.42 Å². The van der Waals surface area contributed by atoms with E-state index in [1.165, 1.54) is 0 Å². The van der Waals surface area contributed by atoms with E-state index in [1.54, 1.807) is 24.3 Å². The van der Waals surface area contributed by atoms with E-state index in [-0.39, 0.29) is 0 Å². The van der Waals surface area contributed by atoms with Crippen LogP contribution in [0, 0.1) is 17.5 Å². The van der Waals surface area contributed by atoms with Crippen molar-refractivity contribution in [1.29, 1.82) is 0 Å². The maximum Gasteiger partial charge on any atom is 0.258 e. The number of carbonyl (C=O) groups is 1. The van der Waals surface area contributed by atoms with Crippen LogP contribution < -0.4 is 5.32 Å². The van der Waals surface area contributed by atoms with Gasteiger partial charge < -0.3 is 15.3 Å². The Bertz CT molecular complexity index is 746. The number of nitrogens with zero attached hydrogens (tertiary/aromatic N) is 1. The first kappa shape index (κ1) is 17.8. The fourth-order valence-corrected chi connectivity index (χ4v) is 2.06. The van der Waals surface area contributed by atoms with Crippen molar-refractivity contribution in [2.24, 2.45) is 0 Å². The fraction of sp³-hybridized carbons (Fsp3) is 0.235. The summed E-state index contributed by atoms with van der Waals surface area (Å²) >= 11 is 0. The molecule has 0 heterocycles. The van der Waals surface area contributed by atoms with E-state index < -0.39 is 34.7 Å². The van der Waals surface area contributed by atoms with Gasteiger partial charge in [0.05, 0.1) is 5.56 Å². The second-order valence-corrected chi connectivity index (χ2v) is 5.59. The first-order valence-corrected chi connectivity index (χ1v) is 7.21. The molecule has 0 atom stereocenters. The third-order valence-electron chi connectivity index (χ3n) is 3.44. The van der Waals surface area contributed by atoms with Crippen LogP contribution in [-0.2, 0) is 6.42 Å². The van der Waals surface area contributed by atoms with Crippen LogP contribution in [0.15, 0.2) is 30.3 Å². The van der Waals surface area contributed by atoms with Gasteiger partial charge in [-0.05, 0) is 44.3 Å². The second kappa shape index (κ2) is 7.35. The maximum atomic E-state index is 13.7. The zero-order valence-electron chi connectivity index (χ0n) is 13.2.